The third-order valence-corrected chi connectivity index (χ3v) is 4.16. The number of nitrogens with zero attached hydrogens (tertiary/aromatic N) is 1. The fraction of sp³-hybridized carbons (Fsp3) is 0.588. The molecule has 7 heteroatoms. The average Bonchev–Trinajstić information content (AvgIpc) is 3.07. The van der Waals surface area contributed by atoms with Gasteiger partial charge in [0, 0.05) is 25.8 Å². The van der Waals surface area contributed by atoms with E-state index in [1.165, 1.54) is 18.2 Å². The van der Waals surface area contributed by atoms with Gasteiger partial charge in [0.2, 0.25) is 0 Å². The van der Waals surface area contributed by atoms with Crippen molar-refractivity contribution in [2.45, 2.75) is 32.0 Å². The molecule has 1 aromatic rings. The van der Waals surface area contributed by atoms with Crippen LogP contribution in [0.2, 0.25) is 0 Å². The van der Waals surface area contributed by atoms with Gasteiger partial charge in [-0.2, -0.15) is 0 Å². The van der Waals surface area contributed by atoms with Crippen LogP contribution in [-0.4, -0.2) is 56.0 Å². The molecule has 0 unspecified atom stereocenters. The van der Waals surface area contributed by atoms with Gasteiger partial charge in [0.1, 0.15) is 18.2 Å². The van der Waals surface area contributed by atoms with Gasteiger partial charge in [0.05, 0.1) is 24.5 Å². The maximum Gasteiger partial charge on any atom is 0.322 e. The first-order valence-corrected chi connectivity index (χ1v) is 8.33. The zero-order valence-electron chi connectivity index (χ0n) is 13.8. The summed E-state index contributed by atoms with van der Waals surface area (Å²) in [5, 5.41) is 2.74. The molecule has 2 heterocycles. The number of morpholine rings is 1. The highest BCUT2D eigenvalue weighted by atomic mass is 19.1. The second kappa shape index (κ2) is 7.81. The number of amides is 2. The summed E-state index contributed by atoms with van der Waals surface area (Å²) in [5.74, 6) is 0.0201. The molecule has 6 nitrogen and oxygen atoms in total. The monoisotopic (exact) mass is 338 g/mol. The summed E-state index contributed by atoms with van der Waals surface area (Å²) >= 11 is 0. The molecule has 2 saturated heterocycles. The van der Waals surface area contributed by atoms with E-state index < -0.39 is 5.82 Å². The molecule has 2 fully saturated rings. The summed E-state index contributed by atoms with van der Waals surface area (Å²) < 4.78 is 30.3. The second-order valence-corrected chi connectivity index (χ2v) is 6.14. The van der Waals surface area contributed by atoms with Gasteiger partial charge < -0.3 is 24.4 Å². The number of benzene rings is 1. The summed E-state index contributed by atoms with van der Waals surface area (Å²) in [6, 6.07) is 3.84. The molecule has 0 spiro atoms. The molecule has 0 aliphatic carbocycles. The van der Waals surface area contributed by atoms with E-state index >= 15 is 0 Å². The van der Waals surface area contributed by atoms with Crippen molar-refractivity contribution < 1.29 is 23.4 Å². The van der Waals surface area contributed by atoms with Crippen molar-refractivity contribution in [2.24, 2.45) is 0 Å². The number of carbonyl (C=O) groups excluding carboxylic acids is 1. The highest BCUT2D eigenvalue weighted by molar-refractivity contribution is 5.91. The third kappa shape index (κ3) is 4.36. The van der Waals surface area contributed by atoms with E-state index in [-0.39, 0.29) is 18.2 Å². The Morgan fingerprint density at radius 2 is 2.29 bits per heavy atom. The number of anilines is 1. The topological polar surface area (TPSA) is 60.0 Å². The van der Waals surface area contributed by atoms with E-state index in [9.17, 15) is 9.18 Å². The second-order valence-electron chi connectivity index (χ2n) is 6.14. The van der Waals surface area contributed by atoms with E-state index in [1.54, 1.807) is 4.90 Å². The molecule has 2 aliphatic rings. The molecule has 2 atom stereocenters. The first-order chi connectivity index (χ1) is 11.6. The lowest BCUT2D eigenvalue weighted by molar-refractivity contribution is -0.00139. The Morgan fingerprint density at radius 3 is 3.04 bits per heavy atom. The van der Waals surface area contributed by atoms with E-state index in [0.717, 1.165) is 19.4 Å². The van der Waals surface area contributed by atoms with Crippen molar-refractivity contribution in [3.63, 3.8) is 0 Å². The summed E-state index contributed by atoms with van der Waals surface area (Å²) in [6.45, 7) is 4.57. The van der Waals surface area contributed by atoms with Crippen molar-refractivity contribution >= 4 is 11.7 Å². The molecule has 1 N–H and O–H groups in total. The standard InChI is InChI=1S/C17H23FN2O4/c1-12-10-20(6-8-22-12)17(21)19-15-9-13(18)4-5-16(15)24-11-14-3-2-7-23-14/h4-5,9,12,14H,2-3,6-8,10-11H2,1H3,(H,19,21)/t12-,14-/m1/s1. The minimum Gasteiger partial charge on any atom is -0.489 e. The Labute approximate surface area is 140 Å². The summed E-state index contributed by atoms with van der Waals surface area (Å²) in [6.07, 6.45) is 2.02. The highest BCUT2D eigenvalue weighted by Gasteiger charge is 2.23. The van der Waals surface area contributed by atoms with Gasteiger partial charge in [-0.1, -0.05) is 0 Å². The van der Waals surface area contributed by atoms with E-state index in [4.69, 9.17) is 14.2 Å². The van der Waals surface area contributed by atoms with Crippen molar-refractivity contribution in [3.8, 4) is 5.75 Å². The van der Waals surface area contributed by atoms with Crippen LogP contribution in [0.5, 0.6) is 5.75 Å². The number of hydrogen-bond donors (Lipinski definition) is 1. The molecule has 0 radical (unpaired) electrons. The zero-order valence-corrected chi connectivity index (χ0v) is 13.8. The molecule has 132 valence electrons. The van der Waals surface area contributed by atoms with E-state index in [0.29, 0.717) is 37.7 Å². The van der Waals surface area contributed by atoms with Gasteiger partial charge in [-0.05, 0) is 31.9 Å². The number of carbonyl (C=O) groups is 1. The lowest BCUT2D eigenvalue weighted by atomic mass is 10.2. The molecule has 2 aliphatic heterocycles. The Balaban J connectivity index is 1.64. The predicted molar refractivity (Wildman–Crippen MR) is 86.9 cm³/mol. The summed E-state index contributed by atoms with van der Waals surface area (Å²) in [5.41, 5.74) is 0.331. The van der Waals surface area contributed by atoms with Gasteiger partial charge in [-0.15, -0.1) is 0 Å². The minimum absolute atomic E-state index is 0.00718. The van der Waals surface area contributed by atoms with Gasteiger partial charge >= 0.3 is 6.03 Å². The van der Waals surface area contributed by atoms with Crippen LogP contribution in [0, 0.1) is 5.82 Å². The van der Waals surface area contributed by atoms with Crippen LogP contribution in [0.1, 0.15) is 19.8 Å². The van der Waals surface area contributed by atoms with Crippen LogP contribution in [0.15, 0.2) is 18.2 Å². The van der Waals surface area contributed by atoms with Crippen LogP contribution < -0.4 is 10.1 Å². The Hall–Kier alpha value is -1.86. The summed E-state index contributed by atoms with van der Waals surface area (Å²) in [4.78, 5) is 14.0. The number of ether oxygens (including phenoxy) is 3. The average molecular weight is 338 g/mol. The first-order valence-electron chi connectivity index (χ1n) is 8.33. The highest BCUT2D eigenvalue weighted by Crippen LogP contribution is 2.27. The van der Waals surface area contributed by atoms with Gasteiger partial charge in [0.15, 0.2) is 0 Å². The van der Waals surface area contributed by atoms with Crippen molar-refractivity contribution in [1.82, 2.24) is 4.90 Å². The molecule has 0 saturated carbocycles. The van der Waals surface area contributed by atoms with Gasteiger partial charge in [0.25, 0.3) is 0 Å². The molecule has 24 heavy (non-hydrogen) atoms. The normalized spacial score (nSPS) is 24.0. The molecular formula is C17H23FN2O4. The minimum atomic E-state index is -0.426. The van der Waals surface area contributed by atoms with Crippen molar-refractivity contribution in [2.75, 3.05) is 38.2 Å². The number of hydrogen-bond acceptors (Lipinski definition) is 4. The third-order valence-electron chi connectivity index (χ3n) is 4.16. The number of halogens is 1. The fourth-order valence-corrected chi connectivity index (χ4v) is 2.88. The van der Waals surface area contributed by atoms with Crippen LogP contribution in [0.4, 0.5) is 14.9 Å². The SMILES string of the molecule is C[C@@H]1CN(C(=O)Nc2cc(F)ccc2OC[C@H]2CCCO2)CCO1. The lowest BCUT2D eigenvalue weighted by Gasteiger charge is -2.31. The number of rotatable bonds is 4. The maximum atomic E-state index is 13.6. The number of nitrogens with one attached hydrogen (secondary N) is 1. The smallest absolute Gasteiger partial charge is 0.322 e. The van der Waals surface area contributed by atoms with Crippen molar-refractivity contribution in [1.29, 1.82) is 0 Å². The summed E-state index contributed by atoms with van der Waals surface area (Å²) in [7, 11) is 0. The first kappa shape index (κ1) is 17.0. The van der Waals surface area contributed by atoms with Crippen LogP contribution in [0.3, 0.4) is 0 Å². The number of urea groups is 1. The molecular weight excluding hydrogens is 315 g/mol. The quantitative estimate of drug-likeness (QED) is 0.917. The molecule has 1 aromatic carbocycles. The molecule has 0 aromatic heterocycles. The largest absolute Gasteiger partial charge is 0.489 e. The fourth-order valence-electron chi connectivity index (χ4n) is 2.88. The van der Waals surface area contributed by atoms with E-state index in [1.807, 2.05) is 6.92 Å². The maximum absolute atomic E-state index is 13.6. The van der Waals surface area contributed by atoms with Crippen molar-refractivity contribution in [3.05, 3.63) is 24.0 Å². The van der Waals surface area contributed by atoms with E-state index in [2.05, 4.69) is 5.32 Å². The van der Waals surface area contributed by atoms with Crippen LogP contribution in [-0.2, 0) is 9.47 Å². The van der Waals surface area contributed by atoms with Crippen LogP contribution in [0.25, 0.3) is 0 Å². The Kier molecular flexibility index (Phi) is 5.52. The van der Waals surface area contributed by atoms with Gasteiger partial charge in [-0.3, -0.25) is 0 Å². The Morgan fingerprint density at radius 1 is 1.42 bits per heavy atom. The molecule has 2 amide bonds. The predicted octanol–water partition coefficient (Wildman–Crippen LogP) is 2.64. The van der Waals surface area contributed by atoms with Crippen LogP contribution >= 0.6 is 0 Å². The van der Waals surface area contributed by atoms with Gasteiger partial charge in [-0.25, -0.2) is 9.18 Å². The Bertz CT molecular complexity index is 578. The zero-order chi connectivity index (χ0) is 16.9. The molecule has 3 rings (SSSR count). The molecule has 0 bridgehead atoms. The lowest BCUT2D eigenvalue weighted by Crippen LogP contribution is -2.46.